The van der Waals surface area contributed by atoms with Gasteiger partial charge in [0.15, 0.2) is 0 Å². The number of hydrogen-bond donors (Lipinski definition) is 2. The summed E-state index contributed by atoms with van der Waals surface area (Å²) in [6.45, 7) is 29.9. The van der Waals surface area contributed by atoms with Crippen LogP contribution in [0.2, 0.25) is 0 Å². The first-order valence-corrected chi connectivity index (χ1v) is 17.1. The van der Waals surface area contributed by atoms with Gasteiger partial charge in [-0.05, 0) is 70.9 Å². The van der Waals surface area contributed by atoms with Crippen molar-refractivity contribution < 1.29 is 10.2 Å². The molecule has 0 aliphatic carbocycles. The van der Waals surface area contributed by atoms with Crippen molar-refractivity contribution in [3.05, 3.63) is 106 Å². The van der Waals surface area contributed by atoms with Crippen molar-refractivity contribution in [2.24, 2.45) is 9.98 Å². The summed E-state index contributed by atoms with van der Waals surface area (Å²) in [7, 11) is 0. The molecule has 0 radical (unpaired) electrons. The van der Waals surface area contributed by atoms with Gasteiger partial charge in [-0.15, -0.1) is 0 Å². The van der Waals surface area contributed by atoms with Crippen LogP contribution in [-0.4, -0.2) is 21.6 Å². The second kappa shape index (κ2) is 13.0. The molecular weight excluding hydrogens is 588 g/mol. The second-order valence-electron chi connectivity index (χ2n) is 17.3. The van der Waals surface area contributed by atoms with Crippen molar-refractivity contribution in [2.75, 3.05) is 0 Å². The lowest BCUT2D eigenvalue weighted by atomic mass is 9.78. The maximum atomic E-state index is 11.5. The van der Waals surface area contributed by atoms with E-state index in [4.69, 9.17) is 9.98 Å². The van der Waals surface area contributed by atoms with E-state index in [1.807, 2.05) is 50.2 Å². The minimum Gasteiger partial charge on any atom is -0.507 e. The summed E-state index contributed by atoms with van der Waals surface area (Å²) in [4.78, 5) is 10.3. The molecule has 0 atom stereocenters. The number of phenolic OH excluding ortho intramolecular Hbond substituents is 2. The van der Waals surface area contributed by atoms with Crippen molar-refractivity contribution in [2.45, 2.75) is 119 Å². The van der Waals surface area contributed by atoms with Crippen molar-refractivity contribution in [1.82, 2.24) is 0 Å². The van der Waals surface area contributed by atoms with Crippen LogP contribution in [0.25, 0.3) is 11.1 Å². The van der Waals surface area contributed by atoms with Crippen LogP contribution in [0.15, 0.2) is 82.8 Å². The molecule has 4 aromatic carbocycles. The maximum Gasteiger partial charge on any atom is 0.128 e. The van der Waals surface area contributed by atoms with Crippen LogP contribution in [0.4, 0.5) is 11.4 Å². The van der Waals surface area contributed by atoms with E-state index in [0.717, 1.165) is 67.3 Å². The Morgan fingerprint density at radius 3 is 1.06 bits per heavy atom. The van der Waals surface area contributed by atoms with E-state index in [2.05, 4.69) is 119 Å². The van der Waals surface area contributed by atoms with E-state index >= 15 is 0 Å². The molecule has 254 valence electrons. The Morgan fingerprint density at radius 2 is 0.771 bits per heavy atom. The number of para-hydroxylation sites is 2. The molecule has 0 aliphatic rings. The molecule has 0 saturated carbocycles. The zero-order chi connectivity index (χ0) is 36.0. The van der Waals surface area contributed by atoms with Gasteiger partial charge in [0.2, 0.25) is 0 Å². The third-order valence-electron chi connectivity index (χ3n) is 9.02. The van der Waals surface area contributed by atoms with Crippen molar-refractivity contribution in [1.29, 1.82) is 0 Å². The second-order valence-corrected chi connectivity index (χ2v) is 17.3. The number of rotatable bonds is 5. The standard InChI is InChI=1S/C44H56N2O2/c1-27(33-23-29(41(3,4)5)25-35(39(33)47)43(9,10)11)45-37-21-17-15-19-31(37)32-20-16-18-22-38(32)46-28(2)34-24-30(42(6,7)8)26-36(40(34)48)44(12,13)14/h15-26,47-48H,1-14H3. The normalized spacial score (nSPS) is 13.6. The fourth-order valence-electron chi connectivity index (χ4n) is 5.91. The molecule has 0 amide bonds. The van der Waals surface area contributed by atoms with E-state index in [1.165, 1.54) is 0 Å². The lowest BCUT2D eigenvalue weighted by molar-refractivity contribution is 0.442. The zero-order valence-electron chi connectivity index (χ0n) is 31.7. The van der Waals surface area contributed by atoms with Crippen molar-refractivity contribution in [3.63, 3.8) is 0 Å². The summed E-state index contributed by atoms with van der Waals surface area (Å²) >= 11 is 0. The van der Waals surface area contributed by atoms with Gasteiger partial charge in [0.05, 0.1) is 11.4 Å². The largest absolute Gasteiger partial charge is 0.507 e. The average molecular weight is 645 g/mol. The Bertz CT molecular complexity index is 1740. The highest BCUT2D eigenvalue weighted by Crippen LogP contribution is 2.42. The molecule has 0 fully saturated rings. The lowest BCUT2D eigenvalue weighted by Crippen LogP contribution is -2.18. The molecule has 0 spiro atoms. The van der Waals surface area contributed by atoms with Crippen LogP contribution in [0, 0.1) is 0 Å². The Morgan fingerprint density at radius 1 is 0.458 bits per heavy atom. The topological polar surface area (TPSA) is 65.2 Å². The molecular formula is C44H56N2O2. The zero-order valence-corrected chi connectivity index (χ0v) is 31.7. The van der Waals surface area contributed by atoms with E-state index < -0.39 is 0 Å². The fraction of sp³-hybridized carbons (Fsp3) is 0.409. The minimum atomic E-state index is -0.235. The number of nitrogens with zero attached hydrogens (tertiary/aromatic N) is 2. The number of phenols is 2. The highest BCUT2D eigenvalue weighted by Gasteiger charge is 2.27. The van der Waals surface area contributed by atoms with E-state index in [9.17, 15) is 10.2 Å². The minimum absolute atomic E-state index is 0.0933. The van der Waals surface area contributed by atoms with Crippen LogP contribution in [0.3, 0.4) is 0 Å². The van der Waals surface area contributed by atoms with Gasteiger partial charge >= 0.3 is 0 Å². The molecule has 2 N–H and O–H groups in total. The first-order chi connectivity index (χ1) is 22.0. The first kappa shape index (κ1) is 36.7. The Hall–Kier alpha value is -4.18. The van der Waals surface area contributed by atoms with Gasteiger partial charge in [0.1, 0.15) is 11.5 Å². The van der Waals surface area contributed by atoms with Crippen molar-refractivity contribution in [3.8, 4) is 22.6 Å². The van der Waals surface area contributed by atoms with Gasteiger partial charge in [0.25, 0.3) is 0 Å². The molecule has 0 heterocycles. The molecule has 0 saturated heterocycles. The van der Waals surface area contributed by atoms with Crippen LogP contribution >= 0.6 is 0 Å². The van der Waals surface area contributed by atoms with Crippen LogP contribution < -0.4 is 0 Å². The third-order valence-corrected chi connectivity index (χ3v) is 9.02. The van der Waals surface area contributed by atoms with Gasteiger partial charge < -0.3 is 10.2 Å². The van der Waals surface area contributed by atoms with E-state index in [0.29, 0.717) is 0 Å². The summed E-state index contributed by atoms with van der Waals surface area (Å²) in [6, 6.07) is 24.6. The molecule has 0 unspecified atom stereocenters. The number of aliphatic imine (C=N–C) groups is 2. The predicted octanol–water partition coefficient (Wildman–Crippen LogP) is 12.2. The summed E-state index contributed by atoms with van der Waals surface area (Å²) < 4.78 is 0. The van der Waals surface area contributed by atoms with E-state index in [1.54, 1.807) is 0 Å². The molecule has 48 heavy (non-hydrogen) atoms. The maximum absolute atomic E-state index is 11.5. The molecule has 4 rings (SSSR count). The van der Waals surface area contributed by atoms with Crippen molar-refractivity contribution >= 4 is 22.8 Å². The number of hydrogen-bond acceptors (Lipinski definition) is 4. The van der Waals surface area contributed by atoms with Gasteiger partial charge in [-0.1, -0.05) is 132 Å². The third kappa shape index (κ3) is 7.92. The van der Waals surface area contributed by atoms with Gasteiger partial charge in [-0.25, -0.2) is 0 Å². The van der Waals surface area contributed by atoms with Gasteiger partial charge in [-0.3, -0.25) is 9.98 Å². The molecule has 4 nitrogen and oxygen atoms in total. The molecule has 4 aromatic rings. The number of aromatic hydroxyl groups is 2. The summed E-state index contributed by atoms with van der Waals surface area (Å²) in [5, 5.41) is 23.1. The predicted molar refractivity (Wildman–Crippen MR) is 207 cm³/mol. The Labute approximate surface area is 289 Å². The summed E-state index contributed by atoms with van der Waals surface area (Å²) in [6.07, 6.45) is 0. The highest BCUT2D eigenvalue weighted by molar-refractivity contribution is 6.05. The quantitative estimate of drug-likeness (QED) is 0.212. The monoisotopic (exact) mass is 644 g/mol. The molecule has 4 heteroatoms. The fourth-order valence-corrected chi connectivity index (χ4v) is 5.91. The Kier molecular flexibility index (Phi) is 9.95. The smallest absolute Gasteiger partial charge is 0.128 e. The van der Waals surface area contributed by atoms with Crippen LogP contribution in [0.5, 0.6) is 11.5 Å². The summed E-state index contributed by atoms with van der Waals surface area (Å²) in [5.41, 5.74) is 9.93. The van der Waals surface area contributed by atoms with Gasteiger partial charge in [-0.2, -0.15) is 0 Å². The summed E-state index contributed by atoms with van der Waals surface area (Å²) in [5.74, 6) is 0.559. The molecule has 0 aliphatic heterocycles. The Balaban J connectivity index is 1.90. The molecule has 0 bridgehead atoms. The lowest BCUT2D eigenvalue weighted by Gasteiger charge is -2.27. The molecule has 0 aromatic heterocycles. The first-order valence-electron chi connectivity index (χ1n) is 17.1. The highest BCUT2D eigenvalue weighted by atomic mass is 16.3. The van der Waals surface area contributed by atoms with Crippen LogP contribution in [0.1, 0.15) is 130 Å². The number of benzene rings is 4. The van der Waals surface area contributed by atoms with E-state index in [-0.39, 0.29) is 33.2 Å². The SMILES string of the molecule is CC(=Nc1ccccc1-c1ccccc1N=C(C)c1cc(C(C)(C)C)cc(C(C)(C)C)c1O)c1cc(C(C)(C)C)cc(C(C)(C)C)c1O. The van der Waals surface area contributed by atoms with Crippen LogP contribution in [-0.2, 0) is 21.7 Å². The van der Waals surface area contributed by atoms with Gasteiger partial charge in [0, 0.05) is 44.8 Å². The average Bonchev–Trinajstić information content (AvgIpc) is 2.95.